The lowest BCUT2D eigenvalue weighted by atomic mass is 10.0. The summed E-state index contributed by atoms with van der Waals surface area (Å²) in [6.07, 6.45) is 0. The average Bonchev–Trinajstić information content (AvgIpc) is 3.03. The van der Waals surface area contributed by atoms with E-state index in [0.717, 1.165) is 5.52 Å². The van der Waals surface area contributed by atoms with Crippen LogP contribution in [0.15, 0.2) is 35.7 Å². The van der Waals surface area contributed by atoms with Gasteiger partial charge in [0.2, 0.25) is 5.95 Å². The number of halogens is 1. The van der Waals surface area contributed by atoms with Gasteiger partial charge in [-0.3, -0.25) is 0 Å². The predicted octanol–water partition coefficient (Wildman–Crippen LogP) is 4.57. The fourth-order valence-electron chi connectivity index (χ4n) is 2.23. The van der Waals surface area contributed by atoms with E-state index in [0.29, 0.717) is 17.4 Å². The maximum Gasteiger partial charge on any atom is 0.201 e. The van der Waals surface area contributed by atoms with Crippen LogP contribution in [-0.4, -0.2) is 9.97 Å². The number of rotatable bonds is 4. The molecule has 3 rings (SSSR count). The van der Waals surface area contributed by atoms with Crippen LogP contribution >= 0.6 is 11.3 Å². The summed E-state index contributed by atoms with van der Waals surface area (Å²) in [5, 5.41) is 5.48. The number of aromatic amines is 1. The number of nitrogens with one attached hydrogen (secondary N) is 2. The molecule has 20 heavy (non-hydrogen) atoms. The van der Waals surface area contributed by atoms with Crippen LogP contribution in [0.5, 0.6) is 0 Å². The summed E-state index contributed by atoms with van der Waals surface area (Å²) >= 11 is 1.72. The van der Waals surface area contributed by atoms with Crippen molar-refractivity contribution in [2.75, 3.05) is 5.32 Å². The zero-order valence-electron chi connectivity index (χ0n) is 11.4. The molecule has 0 saturated heterocycles. The predicted molar refractivity (Wildman–Crippen MR) is 81.6 cm³/mol. The van der Waals surface area contributed by atoms with Gasteiger partial charge in [-0.2, -0.15) is 0 Å². The number of fused-ring (bicyclic) bond motifs is 1. The molecule has 2 heterocycles. The highest BCUT2D eigenvalue weighted by Gasteiger charge is 2.18. The topological polar surface area (TPSA) is 40.7 Å². The summed E-state index contributed by atoms with van der Waals surface area (Å²) in [6.45, 7) is 4.33. The van der Waals surface area contributed by atoms with Gasteiger partial charge in [-0.15, -0.1) is 11.3 Å². The van der Waals surface area contributed by atoms with Crippen molar-refractivity contribution in [2.45, 2.75) is 19.9 Å². The molecule has 0 aliphatic heterocycles. The minimum Gasteiger partial charge on any atom is -0.348 e. The number of nitrogens with zero attached hydrogens (tertiary/aromatic N) is 1. The van der Waals surface area contributed by atoms with Crippen LogP contribution in [0.25, 0.3) is 11.0 Å². The maximum atomic E-state index is 13.2. The van der Waals surface area contributed by atoms with E-state index in [1.165, 1.54) is 17.0 Å². The van der Waals surface area contributed by atoms with E-state index in [-0.39, 0.29) is 11.9 Å². The van der Waals surface area contributed by atoms with Crippen molar-refractivity contribution in [1.82, 2.24) is 9.97 Å². The second-order valence-corrected chi connectivity index (χ2v) is 6.11. The molecule has 104 valence electrons. The smallest absolute Gasteiger partial charge is 0.201 e. The van der Waals surface area contributed by atoms with Crippen LogP contribution < -0.4 is 5.32 Å². The number of benzene rings is 1. The highest BCUT2D eigenvalue weighted by molar-refractivity contribution is 7.10. The molecule has 0 fully saturated rings. The fraction of sp³-hybridized carbons (Fsp3) is 0.267. The van der Waals surface area contributed by atoms with Gasteiger partial charge >= 0.3 is 0 Å². The highest BCUT2D eigenvalue weighted by atomic mass is 32.1. The van der Waals surface area contributed by atoms with Crippen LogP contribution in [0, 0.1) is 11.7 Å². The molecular weight excluding hydrogens is 273 g/mol. The summed E-state index contributed by atoms with van der Waals surface area (Å²) in [7, 11) is 0. The zero-order chi connectivity index (χ0) is 14.1. The van der Waals surface area contributed by atoms with Crippen molar-refractivity contribution < 1.29 is 4.39 Å². The first-order valence-corrected chi connectivity index (χ1v) is 7.46. The van der Waals surface area contributed by atoms with Crippen LogP contribution in [0.2, 0.25) is 0 Å². The third kappa shape index (κ3) is 2.54. The number of thiophene rings is 1. The van der Waals surface area contributed by atoms with Crippen LogP contribution in [0.1, 0.15) is 24.8 Å². The molecule has 1 atom stereocenters. The molecule has 1 unspecified atom stereocenters. The summed E-state index contributed by atoms with van der Waals surface area (Å²) in [4.78, 5) is 8.85. The molecule has 0 amide bonds. The minimum absolute atomic E-state index is 0.195. The van der Waals surface area contributed by atoms with Crippen molar-refractivity contribution in [2.24, 2.45) is 5.92 Å². The largest absolute Gasteiger partial charge is 0.348 e. The Hall–Kier alpha value is -1.88. The van der Waals surface area contributed by atoms with Gasteiger partial charge in [-0.25, -0.2) is 9.37 Å². The van der Waals surface area contributed by atoms with Gasteiger partial charge in [-0.05, 0) is 35.6 Å². The molecule has 0 aliphatic rings. The van der Waals surface area contributed by atoms with Crippen molar-refractivity contribution in [1.29, 1.82) is 0 Å². The molecule has 3 nitrogen and oxygen atoms in total. The second-order valence-electron chi connectivity index (χ2n) is 5.13. The summed E-state index contributed by atoms with van der Waals surface area (Å²) in [5.41, 5.74) is 1.48. The first-order chi connectivity index (χ1) is 9.63. The van der Waals surface area contributed by atoms with E-state index >= 15 is 0 Å². The van der Waals surface area contributed by atoms with Crippen LogP contribution in [0.3, 0.4) is 0 Å². The van der Waals surface area contributed by atoms with E-state index in [1.807, 2.05) is 6.07 Å². The zero-order valence-corrected chi connectivity index (χ0v) is 12.2. The molecule has 0 radical (unpaired) electrons. The van der Waals surface area contributed by atoms with Gasteiger partial charge in [0.1, 0.15) is 5.82 Å². The number of imidazole rings is 1. The Morgan fingerprint density at radius 3 is 2.85 bits per heavy atom. The maximum absolute atomic E-state index is 13.2. The molecule has 0 bridgehead atoms. The Labute approximate surface area is 120 Å². The fourth-order valence-corrected chi connectivity index (χ4v) is 3.18. The molecule has 1 aromatic carbocycles. The third-order valence-electron chi connectivity index (χ3n) is 3.25. The quantitative estimate of drug-likeness (QED) is 0.738. The highest BCUT2D eigenvalue weighted by Crippen LogP contribution is 2.29. The van der Waals surface area contributed by atoms with E-state index in [9.17, 15) is 4.39 Å². The van der Waals surface area contributed by atoms with Crippen LogP contribution in [0.4, 0.5) is 10.3 Å². The minimum atomic E-state index is -0.258. The van der Waals surface area contributed by atoms with Crippen molar-refractivity contribution in [3.8, 4) is 0 Å². The molecule has 5 heteroatoms. The SMILES string of the molecule is CC(C)C(Nc1nc2ccc(F)cc2[nH]1)c1cccs1. The Kier molecular flexibility index (Phi) is 3.44. The number of hydrogen-bond donors (Lipinski definition) is 2. The first-order valence-electron chi connectivity index (χ1n) is 6.58. The standard InChI is InChI=1S/C15H16FN3S/c1-9(2)14(13-4-3-7-20-13)19-15-17-11-6-5-10(16)8-12(11)18-15/h3-9,14H,1-2H3,(H2,17,18,19). The molecule has 2 aromatic heterocycles. The van der Waals surface area contributed by atoms with Crippen molar-refractivity contribution in [3.63, 3.8) is 0 Å². The first kappa shape index (κ1) is 13.1. The van der Waals surface area contributed by atoms with Gasteiger partial charge in [0, 0.05) is 4.88 Å². The lowest BCUT2D eigenvalue weighted by Crippen LogP contribution is -2.16. The van der Waals surface area contributed by atoms with Gasteiger partial charge in [0.05, 0.1) is 17.1 Å². The Morgan fingerprint density at radius 1 is 1.30 bits per heavy atom. The second kappa shape index (κ2) is 5.25. The molecule has 3 aromatic rings. The number of anilines is 1. The van der Waals surface area contributed by atoms with Gasteiger partial charge < -0.3 is 10.3 Å². The Morgan fingerprint density at radius 2 is 2.15 bits per heavy atom. The third-order valence-corrected chi connectivity index (χ3v) is 4.21. The van der Waals surface area contributed by atoms with E-state index in [1.54, 1.807) is 17.4 Å². The van der Waals surface area contributed by atoms with Gasteiger partial charge in [-0.1, -0.05) is 19.9 Å². The average molecular weight is 289 g/mol. The monoisotopic (exact) mass is 289 g/mol. The Bertz CT molecular complexity index is 703. The molecule has 0 saturated carbocycles. The number of H-pyrrole nitrogens is 1. The lowest BCUT2D eigenvalue weighted by Gasteiger charge is -2.20. The number of hydrogen-bond acceptors (Lipinski definition) is 3. The van der Waals surface area contributed by atoms with E-state index in [2.05, 4.69) is 40.6 Å². The lowest BCUT2D eigenvalue weighted by molar-refractivity contribution is 0.551. The molecule has 2 N–H and O–H groups in total. The van der Waals surface area contributed by atoms with Gasteiger partial charge in [0.25, 0.3) is 0 Å². The molecular formula is C15H16FN3S. The van der Waals surface area contributed by atoms with Crippen molar-refractivity contribution in [3.05, 3.63) is 46.4 Å². The summed E-state index contributed by atoms with van der Waals surface area (Å²) in [6, 6.07) is 8.92. The Balaban J connectivity index is 1.90. The van der Waals surface area contributed by atoms with Crippen LogP contribution in [-0.2, 0) is 0 Å². The molecule has 0 spiro atoms. The normalized spacial score (nSPS) is 13.0. The molecule has 0 aliphatic carbocycles. The summed E-state index contributed by atoms with van der Waals surface area (Å²) < 4.78 is 13.2. The van der Waals surface area contributed by atoms with Gasteiger partial charge in [0.15, 0.2) is 0 Å². The summed E-state index contributed by atoms with van der Waals surface area (Å²) in [5.74, 6) is 0.850. The van der Waals surface area contributed by atoms with Crippen molar-refractivity contribution >= 4 is 28.3 Å². The van der Waals surface area contributed by atoms with E-state index in [4.69, 9.17) is 0 Å². The van der Waals surface area contributed by atoms with E-state index < -0.39 is 0 Å². The number of aromatic nitrogens is 2.